The highest BCUT2D eigenvalue weighted by molar-refractivity contribution is 7.94. The molecule has 4 rings (SSSR count). The zero-order valence-electron chi connectivity index (χ0n) is 31.0. The molecular formula is C35H50F8NO11S+. The number of carbonyl (C=O) groups excluding carboxylic acids is 1. The molecular weight excluding hydrogens is 794 g/mol. The highest BCUT2D eigenvalue weighted by atomic mass is 32.3. The number of nitrogens with one attached hydrogen (secondary N) is 1. The maximum absolute atomic E-state index is 15.2. The standard InChI is InChI=1S/C35H49F8NO11S/c1-3-49-22-51-28-27-25(21-50-30(53-27)24-16-10-7-11-17-24)52-31(48-2)29(28)54-56(46,47)35(42,43)34(40,41)55-33(38,39)32(36,37)19-13-12-18-26(45)44-20-23-14-8-5-4-6-9-15-23/h7,10-11,16-17,23,25,27-31H,3-6,8-9,12-15,18-22H2,1-2H3,(H-,44,45,46,47)/p+1/t25?,27-,28+,29+,30?,31-/m1/s1. The predicted octanol–water partition coefficient (Wildman–Crippen LogP) is 7.59. The summed E-state index contributed by atoms with van der Waals surface area (Å²) in [7, 11) is -5.91. The summed E-state index contributed by atoms with van der Waals surface area (Å²) in [4.78, 5) is 12.2. The SMILES string of the molecule is CCOCO[C@@H]1[C@H](O[S+](=O)(O)C(F)(F)C(F)(F)OC(F)(F)C(F)(F)CCCCC(=O)NCC2CCCCCCC2)[C@H](OC)OC2COC(c3ccccc3)O[C@H]21. The molecule has 3 fully saturated rings. The average molecular weight is 845 g/mol. The Kier molecular flexibility index (Phi) is 16.9. The molecule has 3 aliphatic rings. The van der Waals surface area contributed by atoms with Gasteiger partial charge in [0.2, 0.25) is 5.91 Å². The fourth-order valence-electron chi connectivity index (χ4n) is 6.54. The molecule has 1 saturated carbocycles. The van der Waals surface area contributed by atoms with Crippen LogP contribution in [0.1, 0.15) is 89.4 Å². The number of fused-ring (bicyclic) bond motifs is 1. The Morgan fingerprint density at radius 2 is 1.59 bits per heavy atom. The summed E-state index contributed by atoms with van der Waals surface area (Å²) in [6.07, 6.45) is -18.9. The van der Waals surface area contributed by atoms with Gasteiger partial charge in [-0.3, -0.25) is 4.79 Å². The number of rotatable bonds is 20. The fraction of sp³-hybridized carbons (Fsp3) is 0.800. The van der Waals surface area contributed by atoms with E-state index in [1.54, 1.807) is 37.3 Å². The lowest BCUT2D eigenvalue weighted by atomic mass is 9.91. The molecule has 0 spiro atoms. The van der Waals surface area contributed by atoms with Gasteiger partial charge >= 0.3 is 33.9 Å². The molecule has 56 heavy (non-hydrogen) atoms. The van der Waals surface area contributed by atoms with Crippen LogP contribution in [0.5, 0.6) is 0 Å². The molecule has 21 heteroatoms. The third-order valence-corrected chi connectivity index (χ3v) is 11.0. The van der Waals surface area contributed by atoms with Crippen molar-refractivity contribution in [2.75, 3.05) is 33.7 Å². The molecule has 2 saturated heterocycles. The van der Waals surface area contributed by atoms with Gasteiger partial charge in [-0.1, -0.05) is 62.4 Å². The molecule has 2 N–H and O–H groups in total. The number of hydrogen-bond donors (Lipinski definition) is 2. The highest BCUT2D eigenvalue weighted by Gasteiger charge is 2.82. The second kappa shape index (κ2) is 20.3. The molecule has 322 valence electrons. The van der Waals surface area contributed by atoms with Crippen molar-refractivity contribution in [2.45, 2.75) is 138 Å². The van der Waals surface area contributed by atoms with E-state index in [0.717, 1.165) is 52.1 Å². The van der Waals surface area contributed by atoms with Gasteiger partial charge < -0.3 is 33.7 Å². The Labute approximate surface area is 320 Å². The largest absolute Gasteiger partial charge is 0.567 e. The van der Waals surface area contributed by atoms with E-state index in [2.05, 4.69) is 14.2 Å². The summed E-state index contributed by atoms with van der Waals surface area (Å²) in [6, 6.07) is 8.20. The molecule has 1 aliphatic carbocycles. The lowest BCUT2D eigenvalue weighted by Crippen LogP contribution is -2.66. The molecule has 2 heterocycles. The second-order valence-corrected chi connectivity index (χ2v) is 15.5. The quantitative estimate of drug-likeness (QED) is 0.0581. The zero-order chi connectivity index (χ0) is 41.2. The van der Waals surface area contributed by atoms with Crippen LogP contribution in [0.15, 0.2) is 30.3 Å². The molecule has 0 radical (unpaired) electrons. The van der Waals surface area contributed by atoms with E-state index in [1.165, 1.54) is 0 Å². The lowest BCUT2D eigenvalue weighted by Gasteiger charge is -2.47. The van der Waals surface area contributed by atoms with Crippen LogP contribution in [0.25, 0.3) is 0 Å². The van der Waals surface area contributed by atoms with Crippen molar-refractivity contribution in [1.29, 1.82) is 0 Å². The number of carbonyl (C=O) groups is 1. The van der Waals surface area contributed by atoms with E-state index >= 15 is 8.78 Å². The van der Waals surface area contributed by atoms with Crippen LogP contribution in [0.2, 0.25) is 0 Å². The minimum atomic E-state index is -6.84. The molecule has 12 nitrogen and oxygen atoms in total. The van der Waals surface area contributed by atoms with Crippen molar-refractivity contribution in [3.63, 3.8) is 0 Å². The Hall–Kier alpha value is -2.08. The van der Waals surface area contributed by atoms with Gasteiger partial charge in [0.1, 0.15) is 25.1 Å². The van der Waals surface area contributed by atoms with Crippen LogP contribution < -0.4 is 5.32 Å². The maximum atomic E-state index is 15.2. The lowest BCUT2D eigenvalue weighted by molar-refractivity contribution is -0.457. The highest BCUT2D eigenvalue weighted by Crippen LogP contribution is 2.51. The number of amides is 1. The van der Waals surface area contributed by atoms with Crippen molar-refractivity contribution < 1.29 is 86.0 Å². The number of hydrogen-bond acceptors (Lipinski definition) is 10. The van der Waals surface area contributed by atoms with E-state index in [0.29, 0.717) is 12.1 Å². The van der Waals surface area contributed by atoms with E-state index < -0.39 is 96.4 Å². The first kappa shape index (κ1) is 46.6. The average Bonchev–Trinajstić information content (AvgIpc) is 3.13. The summed E-state index contributed by atoms with van der Waals surface area (Å²) >= 11 is 0. The van der Waals surface area contributed by atoms with Crippen molar-refractivity contribution in [1.82, 2.24) is 5.32 Å². The number of ether oxygens (including phenoxy) is 7. The van der Waals surface area contributed by atoms with Gasteiger partial charge in [-0.25, -0.2) is 4.74 Å². The first-order chi connectivity index (χ1) is 26.4. The van der Waals surface area contributed by atoms with Gasteiger partial charge in [0.25, 0.3) is 0 Å². The number of benzene rings is 1. The van der Waals surface area contributed by atoms with Gasteiger partial charge in [0.15, 0.2) is 18.7 Å². The first-order valence-corrected chi connectivity index (χ1v) is 19.9. The molecule has 0 bridgehead atoms. The zero-order valence-corrected chi connectivity index (χ0v) is 31.8. The van der Waals surface area contributed by atoms with Gasteiger partial charge in [0.05, 0.1) is 6.61 Å². The first-order valence-electron chi connectivity index (χ1n) is 18.5. The van der Waals surface area contributed by atoms with Crippen LogP contribution >= 0.6 is 0 Å². The maximum Gasteiger partial charge on any atom is 0.567 e. The smallest absolute Gasteiger partial charge is 0.356 e. The molecule has 2 aliphatic heterocycles. The van der Waals surface area contributed by atoms with Crippen molar-refractivity contribution in [3.05, 3.63) is 35.9 Å². The van der Waals surface area contributed by atoms with E-state index in [1.807, 2.05) is 0 Å². The summed E-state index contributed by atoms with van der Waals surface area (Å²) in [5.74, 6) is -5.77. The molecule has 3 unspecified atom stereocenters. The van der Waals surface area contributed by atoms with Gasteiger partial charge in [-0.2, -0.15) is 30.9 Å². The minimum absolute atomic E-state index is 0.0556. The van der Waals surface area contributed by atoms with Gasteiger partial charge in [0, 0.05) is 38.7 Å². The van der Waals surface area contributed by atoms with Crippen molar-refractivity contribution in [3.8, 4) is 0 Å². The summed E-state index contributed by atoms with van der Waals surface area (Å²) < 4.78 is 182. The predicted molar refractivity (Wildman–Crippen MR) is 181 cm³/mol. The van der Waals surface area contributed by atoms with Gasteiger partial charge in [-0.05, 0) is 42.7 Å². The normalized spacial score (nSPS) is 27.1. The molecule has 1 aromatic carbocycles. The molecule has 7 atom stereocenters. The third kappa shape index (κ3) is 11.8. The fourth-order valence-corrected chi connectivity index (χ4v) is 7.51. The van der Waals surface area contributed by atoms with E-state index in [-0.39, 0.29) is 32.0 Å². The Balaban J connectivity index is 1.40. The van der Waals surface area contributed by atoms with Gasteiger partial charge in [-0.15, -0.1) is 13.0 Å². The van der Waals surface area contributed by atoms with Crippen LogP contribution in [0.3, 0.4) is 0 Å². The van der Waals surface area contributed by atoms with Crippen LogP contribution in [-0.2, 0) is 56.8 Å². The summed E-state index contributed by atoms with van der Waals surface area (Å²) in [6.45, 7) is 1.12. The van der Waals surface area contributed by atoms with Crippen molar-refractivity contribution in [2.24, 2.45) is 5.92 Å². The Bertz CT molecular complexity index is 1410. The van der Waals surface area contributed by atoms with Crippen molar-refractivity contribution >= 4 is 16.4 Å². The van der Waals surface area contributed by atoms with Crippen LogP contribution in [-0.4, -0.2) is 98.2 Å². The number of alkyl halides is 8. The van der Waals surface area contributed by atoms with E-state index in [9.17, 15) is 39.9 Å². The molecule has 0 aromatic heterocycles. The number of methoxy groups -OCH3 is 1. The van der Waals surface area contributed by atoms with Crippen LogP contribution in [0.4, 0.5) is 35.1 Å². The Morgan fingerprint density at radius 3 is 2.23 bits per heavy atom. The third-order valence-electron chi connectivity index (χ3n) is 9.68. The minimum Gasteiger partial charge on any atom is -0.356 e. The molecule has 1 aromatic rings. The topological polar surface area (TPSA) is 140 Å². The van der Waals surface area contributed by atoms with E-state index in [4.69, 9.17) is 28.4 Å². The Morgan fingerprint density at radius 1 is 0.929 bits per heavy atom. The summed E-state index contributed by atoms with van der Waals surface area (Å²) in [5.41, 5.74) is 0.466. The second-order valence-electron chi connectivity index (χ2n) is 13.8. The molecule has 1 amide bonds. The van der Waals surface area contributed by atoms with Crippen LogP contribution in [0, 0.1) is 5.92 Å². The summed E-state index contributed by atoms with van der Waals surface area (Å²) in [5, 5.41) is -3.92. The monoisotopic (exact) mass is 844 g/mol. The number of halogens is 8. The number of unbranched alkanes of at least 4 members (excludes halogenated alkanes) is 1.